The van der Waals surface area contributed by atoms with Gasteiger partial charge in [-0.05, 0) is 39.9 Å². The van der Waals surface area contributed by atoms with Crippen LogP contribution in [0, 0.1) is 5.82 Å². The molecule has 0 aromatic heterocycles. The van der Waals surface area contributed by atoms with Gasteiger partial charge in [0.2, 0.25) is 0 Å². The zero-order valence-corrected chi connectivity index (χ0v) is 10.3. The number of ether oxygens (including phenoxy) is 1. The standard InChI is InChI=1S/C10H13BBrFO2/c1-3-4-15-10-8(11(2)14)5-7(13)6-9(10)12/h5-6,14H,3-4H2,1-2H3. The SMILES string of the molecule is CCCOc1c(Br)cc(F)cc1B(C)O. The molecule has 1 rings (SSSR count). The number of halogens is 2. The molecule has 2 nitrogen and oxygen atoms in total. The highest BCUT2D eigenvalue weighted by molar-refractivity contribution is 9.10. The third-order valence-corrected chi connectivity index (χ3v) is 2.53. The number of rotatable bonds is 4. The van der Waals surface area contributed by atoms with E-state index in [0.717, 1.165) is 6.42 Å². The Balaban J connectivity index is 3.09. The summed E-state index contributed by atoms with van der Waals surface area (Å²) in [7, 11) is 0. The summed E-state index contributed by atoms with van der Waals surface area (Å²) in [6, 6.07) is 2.62. The van der Waals surface area contributed by atoms with E-state index in [9.17, 15) is 9.41 Å². The lowest BCUT2D eigenvalue weighted by atomic mass is 9.64. The first kappa shape index (κ1) is 12.5. The van der Waals surface area contributed by atoms with Crippen LogP contribution < -0.4 is 10.2 Å². The molecule has 5 heteroatoms. The van der Waals surface area contributed by atoms with E-state index in [-0.39, 0.29) is 5.82 Å². The monoisotopic (exact) mass is 274 g/mol. The molecule has 0 spiro atoms. The second-order valence-corrected chi connectivity index (χ2v) is 4.18. The molecule has 0 aliphatic heterocycles. The van der Waals surface area contributed by atoms with E-state index < -0.39 is 6.92 Å². The minimum Gasteiger partial charge on any atom is -0.493 e. The van der Waals surface area contributed by atoms with Crippen LogP contribution in [0.3, 0.4) is 0 Å². The Morgan fingerprint density at radius 2 is 2.20 bits per heavy atom. The van der Waals surface area contributed by atoms with Crippen LogP contribution in [0.4, 0.5) is 4.39 Å². The molecule has 0 heterocycles. The van der Waals surface area contributed by atoms with Gasteiger partial charge in [-0.3, -0.25) is 0 Å². The van der Waals surface area contributed by atoms with Crippen molar-refractivity contribution in [1.29, 1.82) is 0 Å². The third kappa shape index (κ3) is 3.21. The summed E-state index contributed by atoms with van der Waals surface area (Å²) in [6.45, 7) is 3.37. The number of hydrogen-bond donors (Lipinski definition) is 1. The van der Waals surface area contributed by atoms with Crippen LogP contribution in [0.1, 0.15) is 13.3 Å². The number of hydrogen-bond acceptors (Lipinski definition) is 2. The molecular weight excluding hydrogens is 262 g/mol. The summed E-state index contributed by atoms with van der Waals surface area (Å²) in [5, 5.41) is 9.49. The fraction of sp³-hybridized carbons (Fsp3) is 0.400. The van der Waals surface area contributed by atoms with Gasteiger partial charge in [-0.1, -0.05) is 13.7 Å². The van der Waals surface area contributed by atoms with Crippen LogP contribution in [-0.2, 0) is 0 Å². The quantitative estimate of drug-likeness (QED) is 0.853. The first-order valence-electron chi connectivity index (χ1n) is 4.86. The van der Waals surface area contributed by atoms with Crippen molar-refractivity contribution in [2.75, 3.05) is 6.61 Å². The van der Waals surface area contributed by atoms with Gasteiger partial charge in [0.25, 0.3) is 0 Å². The van der Waals surface area contributed by atoms with E-state index >= 15 is 0 Å². The maximum absolute atomic E-state index is 13.1. The average molecular weight is 275 g/mol. The lowest BCUT2D eigenvalue weighted by Crippen LogP contribution is -2.29. The van der Waals surface area contributed by atoms with Crippen molar-refractivity contribution in [1.82, 2.24) is 0 Å². The summed E-state index contributed by atoms with van der Waals surface area (Å²) in [5.74, 6) is 0.134. The van der Waals surface area contributed by atoms with Gasteiger partial charge in [-0.15, -0.1) is 0 Å². The predicted octanol–water partition coefficient (Wildman–Crippen LogP) is 2.20. The molecule has 1 aromatic carbocycles. The first-order chi connectivity index (χ1) is 7.06. The van der Waals surface area contributed by atoms with Gasteiger partial charge in [0.1, 0.15) is 11.6 Å². The van der Waals surface area contributed by atoms with Crippen LogP contribution in [0.15, 0.2) is 16.6 Å². The minimum absolute atomic E-state index is 0.387. The molecule has 0 fully saturated rings. The maximum Gasteiger partial charge on any atom is 0.324 e. The second kappa shape index (κ2) is 5.51. The van der Waals surface area contributed by atoms with Crippen molar-refractivity contribution in [2.24, 2.45) is 0 Å². The molecule has 0 saturated heterocycles. The van der Waals surface area contributed by atoms with Gasteiger partial charge < -0.3 is 9.76 Å². The Bertz CT molecular complexity index is 344. The van der Waals surface area contributed by atoms with E-state index in [2.05, 4.69) is 15.9 Å². The molecule has 0 radical (unpaired) electrons. The molecule has 0 unspecified atom stereocenters. The molecule has 15 heavy (non-hydrogen) atoms. The molecule has 0 bridgehead atoms. The fourth-order valence-corrected chi connectivity index (χ4v) is 1.81. The van der Waals surface area contributed by atoms with Crippen molar-refractivity contribution in [2.45, 2.75) is 20.2 Å². The van der Waals surface area contributed by atoms with Gasteiger partial charge in [-0.25, -0.2) is 4.39 Å². The summed E-state index contributed by atoms with van der Waals surface area (Å²) in [5.41, 5.74) is 0.468. The van der Waals surface area contributed by atoms with Gasteiger partial charge in [-0.2, -0.15) is 0 Å². The summed E-state index contributed by atoms with van der Waals surface area (Å²) in [4.78, 5) is 0. The van der Waals surface area contributed by atoms with Crippen molar-refractivity contribution in [3.05, 3.63) is 22.4 Å². The fourth-order valence-electron chi connectivity index (χ4n) is 1.25. The van der Waals surface area contributed by atoms with Gasteiger partial charge in [0, 0.05) is 0 Å². The average Bonchev–Trinajstić information content (AvgIpc) is 2.15. The first-order valence-corrected chi connectivity index (χ1v) is 5.65. The third-order valence-electron chi connectivity index (χ3n) is 1.94. The second-order valence-electron chi connectivity index (χ2n) is 3.33. The van der Waals surface area contributed by atoms with E-state index in [4.69, 9.17) is 4.74 Å². The summed E-state index contributed by atoms with van der Waals surface area (Å²) in [6.07, 6.45) is 0.864. The van der Waals surface area contributed by atoms with E-state index in [1.165, 1.54) is 12.1 Å². The Morgan fingerprint density at radius 1 is 1.53 bits per heavy atom. The van der Waals surface area contributed by atoms with Crippen LogP contribution in [-0.4, -0.2) is 18.5 Å². The lowest BCUT2D eigenvalue weighted by Gasteiger charge is -2.13. The molecule has 82 valence electrons. The van der Waals surface area contributed by atoms with Crippen molar-refractivity contribution < 1.29 is 14.2 Å². The normalized spacial score (nSPS) is 10.2. The Labute approximate surface area is 97.7 Å². The van der Waals surface area contributed by atoms with Gasteiger partial charge in [0.15, 0.2) is 0 Å². The zero-order chi connectivity index (χ0) is 11.4. The topological polar surface area (TPSA) is 29.5 Å². The smallest absolute Gasteiger partial charge is 0.324 e. The van der Waals surface area contributed by atoms with Crippen LogP contribution in [0.25, 0.3) is 0 Å². The van der Waals surface area contributed by atoms with Crippen molar-refractivity contribution in [3.8, 4) is 5.75 Å². The van der Waals surface area contributed by atoms with Crippen LogP contribution in [0.5, 0.6) is 5.75 Å². The number of benzene rings is 1. The van der Waals surface area contributed by atoms with E-state index in [1.54, 1.807) is 6.82 Å². The van der Waals surface area contributed by atoms with Gasteiger partial charge >= 0.3 is 6.92 Å². The zero-order valence-electron chi connectivity index (χ0n) is 8.76. The molecule has 1 N–H and O–H groups in total. The predicted molar refractivity (Wildman–Crippen MR) is 63.4 cm³/mol. The van der Waals surface area contributed by atoms with Crippen LogP contribution in [0.2, 0.25) is 6.82 Å². The highest BCUT2D eigenvalue weighted by atomic mass is 79.9. The molecule has 0 aliphatic carbocycles. The highest BCUT2D eigenvalue weighted by Gasteiger charge is 2.17. The molecule has 0 saturated carbocycles. The van der Waals surface area contributed by atoms with Gasteiger partial charge in [0.05, 0.1) is 11.1 Å². The summed E-state index contributed by atoms with van der Waals surface area (Å²) >= 11 is 3.22. The van der Waals surface area contributed by atoms with Crippen LogP contribution >= 0.6 is 15.9 Å². The molecular formula is C10H13BBrFO2. The summed E-state index contributed by atoms with van der Waals surface area (Å²) < 4.78 is 19.1. The Hall–Kier alpha value is -0.545. The van der Waals surface area contributed by atoms with Crippen molar-refractivity contribution >= 4 is 28.3 Å². The van der Waals surface area contributed by atoms with E-state index in [1.807, 2.05) is 6.92 Å². The molecule has 0 atom stereocenters. The largest absolute Gasteiger partial charge is 0.493 e. The lowest BCUT2D eigenvalue weighted by molar-refractivity contribution is 0.317. The Morgan fingerprint density at radius 3 is 2.73 bits per heavy atom. The molecule has 0 amide bonds. The minimum atomic E-state index is -0.746. The maximum atomic E-state index is 13.1. The molecule has 0 aliphatic rings. The van der Waals surface area contributed by atoms with E-state index in [0.29, 0.717) is 22.3 Å². The highest BCUT2D eigenvalue weighted by Crippen LogP contribution is 2.24. The molecule has 1 aromatic rings. The Kier molecular flexibility index (Phi) is 4.60. The van der Waals surface area contributed by atoms with Crippen molar-refractivity contribution in [3.63, 3.8) is 0 Å².